The lowest BCUT2D eigenvalue weighted by Crippen LogP contribution is -2.49. The van der Waals surface area contributed by atoms with Crippen LogP contribution in [0.4, 0.5) is 5.69 Å². The number of nitrogens with zero attached hydrogens (tertiary/aromatic N) is 2. The predicted octanol–water partition coefficient (Wildman–Crippen LogP) is 3.45. The van der Waals surface area contributed by atoms with Crippen LogP contribution in [-0.2, 0) is 9.59 Å². The highest BCUT2D eigenvalue weighted by molar-refractivity contribution is 6.30. The first-order chi connectivity index (χ1) is 12.9. The Bertz CT molecular complexity index is 770. The van der Waals surface area contributed by atoms with E-state index in [1.54, 1.807) is 19.0 Å². The van der Waals surface area contributed by atoms with Crippen LogP contribution in [0, 0.1) is 11.3 Å². The van der Waals surface area contributed by atoms with E-state index in [2.05, 4.69) is 5.32 Å². The highest BCUT2D eigenvalue weighted by Gasteiger charge is 2.53. The molecule has 1 aromatic rings. The van der Waals surface area contributed by atoms with Crippen LogP contribution in [0.1, 0.15) is 43.6 Å². The van der Waals surface area contributed by atoms with Gasteiger partial charge in [0.1, 0.15) is 0 Å². The molecule has 0 bridgehead atoms. The van der Waals surface area contributed by atoms with E-state index in [1.807, 2.05) is 23.1 Å². The van der Waals surface area contributed by atoms with Gasteiger partial charge in [0.2, 0.25) is 11.8 Å². The molecule has 3 aliphatic rings. The maximum Gasteiger partial charge on any atom is 0.234 e. The summed E-state index contributed by atoms with van der Waals surface area (Å²) in [6, 6.07) is 5.73. The molecular weight excluding hydrogens is 397 g/mol. The van der Waals surface area contributed by atoms with Crippen molar-refractivity contribution in [2.75, 3.05) is 38.6 Å². The van der Waals surface area contributed by atoms with E-state index >= 15 is 0 Å². The Hall–Kier alpha value is -1.30. The van der Waals surface area contributed by atoms with Crippen molar-refractivity contribution in [3.05, 3.63) is 28.8 Å². The number of rotatable bonds is 3. The maximum absolute atomic E-state index is 13.8. The minimum atomic E-state index is -0.282. The molecule has 0 spiro atoms. The van der Waals surface area contributed by atoms with Crippen LogP contribution in [0.2, 0.25) is 5.02 Å². The molecule has 2 aliphatic heterocycles. The number of nitrogens with one attached hydrogen (secondary N) is 1. The van der Waals surface area contributed by atoms with E-state index in [4.69, 9.17) is 11.6 Å². The lowest BCUT2D eigenvalue weighted by atomic mass is 9.67. The minimum Gasteiger partial charge on any atom is -0.349 e. The average molecular weight is 426 g/mol. The van der Waals surface area contributed by atoms with Gasteiger partial charge in [-0.15, -0.1) is 12.4 Å². The van der Waals surface area contributed by atoms with Crippen LogP contribution in [0.3, 0.4) is 0 Å². The second-order valence-corrected chi connectivity index (χ2v) is 8.97. The van der Waals surface area contributed by atoms with Gasteiger partial charge >= 0.3 is 0 Å². The van der Waals surface area contributed by atoms with Crippen molar-refractivity contribution >= 4 is 41.5 Å². The first-order valence-electron chi connectivity index (χ1n) is 9.94. The zero-order chi connectivity index (χ0) is 19.2. The number of anilines is 1. The lowest BCUT2D eigenvalue weighted by Gasteiger charge is -2.40. The Morgan fingerprint density at radius 1 is 1.32 bits per heavy atom. The molecule has 1 N–H and O–H groups in total. The highest BCUT2D eigenvalue weighted by atomic mass is 35.5. The number of carbonyl (C=O) groups is 2. The third-order valence-electron chi connectivity index (χ3n) is 6.75. The summed E-state index contributed by atoms with van der Waals surface area (Å²) in [7, 11) is 3.55. The topological polar surface area (TPSA) is 52.7 Å². The van der Waals surface area contributed by atoms with Crippen LogP contribution < -0.4 is 10.2 Å². The summed E-state index contributed by atoms with van der Waals surface area (Å²) < 4.78 is 0. The van der Waals surface area contributed by atoms with Crippen LogP contribution in [0.5, 0.6) is 0 Å². The van der Waals surface area contributed by atoms with Gasteiger partial charge in [0, 0.05) is 50.2 Å². The van der Waals surface area contributed by atoms with Gasteiger partial charge in [0.25, 0.3) is 0 Å². The van der Waals surface area contributed by atoms with E-state index in [-0.39, 0.29) is 35.6 Å². The van der Waals surface area contributed by atoms with E-state index in [1.165, 1.54) is 6.42 Å². The number of carbonyl (C=O) groups excluding carboxylic acids is 2. The Kier molecular flexibility index (Phi) is 6.28. The molecule has 1 saturated carbocycles. The van der Waals surface area contributed by atoms with Crippen molar-refractivity contribution in [2.24, 2.45) is 11.3 Å². The number of hydrogen-bond donors (Lipinski definition) is 1. The Labute approximate surface area is 178 Å². The van der Waals surface area contributed by atoms with Crippen molar-refractivity contribution in [1.29, 1.82) is 0 Å². The fraction of sp³-hybridized carbons (Fsp3) is 0.619. The predicted molar refractivity (Wildman–Crippen MR) is 114 cm³/mol. The largest absolute Gasteiger partial charge is 0.349 e. The summed E-state index contributed by atoms with van der Waals surface area (Å²) in [6.07, 6.45) is 4.83. The smallest absolute Gasteiger partial charge is 0.234 e. The number of halogens is 2. The number of benzene rings is 1. The monoisotopic (exact) mass is 425 g/mol. The third kappa shape index (κ3) is 3.53. The summed E-state index contributed by atoms with van der Waals surface area (Å²) in [4.78, 5) is 29.7. The fourth-order valence-electron chi connectivity index (χ4n) is 5.21. The number of hydrogen-bond acceptors (Lipinski definition) is 3. The van der Waals surface area contributed by atoms with Gasteiger partial charge in [-0.1, -0.05) is 24.4 Å². The molecule has 1 aliphatic carbocycles. The number of fused-ring (bicyclic) bond motifs is 2. The highest BCUT2D eigenvalue weighted by Crippen LogP contribution is 2.48. The van der Waals surface area contributed by atoms with Crippen LogP contribution in [0.25, 0.3) is 0 Å². The number of amides is 2. The Morgan fingerprint density at radius 2 is 2.11 bits per heavy atom. The molecular formula is C21H29Cl2N3O2. The summed E-state index contributed by atoms with van der Waals surface area (Å²) in [6.45, 7) is 2.29. The molecule has 7 heteroatoms. The van der Waals surface area contributed by atoms with Crippen LogP contribution in [-0.4, -0.2) is 50.4 Å². The second-order valence-electron chi connectivity index (χ2n) is 8.54. The second kappa shape index (κ2) is 8.21. The maximum atomic E-state index is 13.8. The minimum absolute atomic E-state index is 0. The van der Waals surface area contributed by atoms with Crippen LogP contribution in [0.15, 0.2) is 18.2 Å². The quantitative estimate of drug-likeness (QED) is 0.806. The van der Waals surface area contributed by atoms with Gasteiger partial charge in [0.05, 0.1) is 5.41 Å². The van der Waals surface area contributed by atoms with E-state index in [0.717, 1.165) is 43.6 Å². The van der Waals surface area contributed by atoms with E-state index < -0.39 is 0 Å². The molecule has 1 aromatic carbocycles. The van der Waals surface area contributed by atoms with Crippen molar-refractivity contribution in [3.8, 4) is 0 Å². The first kappa shape index (κ1) is 21.4. The first-order valence-corrected chi connectivity index (χ1v) is 10.3. The molecule has 2 fully saturated rings. The van der Waals surface area contributed by atoms with Gasteiger partial charge in [-0.05, 0) is 49.1 Å². The molecule has 2 heterocycles. The average Bonchev–Trinajstić information content (AvgIpc) is 3.23. The molecule has 28 heavy (non-hydrogen) atoms. The van der Waals surface area contributed by atoms with E-state index in [0.29, 0.717) is 23.9 Å². The molecule has 4 rings (SSSR count). The molecule has 1 saturated heterocycles. The van der Waals surface area contributed by atoms with Crippen molar-refractivity contribution < 1.29 is 9.59 Å². The Balaban J connectivity index is 0.00000225. The summed E-state index contributed by atoms with van der Waals surface area (Å²) in [5, 5.41) is 4.13. The molecule has 154 valence electrons. The van der Waals surface area contributed by atoms with Gasteiger partial charge in [-0.25, -0.2) is 0 Å². The van der Waals surface area contributed by atoms with Crippen LogP contribution >= 0.6 is 24.0 Å². The lowest BCUT2D eigenvalue weighted by molar-refractivity contribution is -0.132. The SMILES string of the molecule is CN(C)C(=O)CC1CN(C(=O)[C@@]23CCCC[C@H]2CNC3)c2ccc(Cl)cc21.Cl. The zero-order valence-corrected chi connectivity index (χ0v) is 18.1. The normalized spacial score (nSPS) is 28.3. The molecule has 0 radical (unpaired) electrons. The fourth-order valence-corrected chi connectivity index (χ4v) is 5.39. The van der Waals surface area contributed by atoms with Gasteiger partial charge < -0.3 is 15.1 Å². The van der Waals surface area contributed by atoms with Gasteiger partial charge in [-0.3, -0.25) is 9.59 Å². The molecule has 3 atom stereocenters. The third-order valence-corrected chi connectivity index (χ3v) is 6.99. The molecule has 0 aromatic heterocycles. The standard InChI is InChI=1S/C21H28ClN3O2.ClH/c1-24(2)19(26)9-14-12-25(18-7-6-16(22)10-17(14)18)20(27)21-8-4-3-5-15(21)11-23-13-21;/h6-7,10,14-15,23H,3-5,8-9,11-13H2,1-2H3;1H/t14?,15-,21+;/m0./s1. The summed E-state index contributed by atoms with van der Waals surface area (Å²) >= 11 is 6.24. The van der Waals surface area contributed by atoms with Gasteiger partial charge in [0.15, 0.2) is 0 Å². The Morgan fingerprint density at radius 3 is 2.86 bits per heavy atom. The van der Waals surface area contributed by atoms with Crippen molar-refractivity contribution in [2.45, 2.75) is 38.0 Å². The summed E-state index contributed by atoms with van der Waals surface area (Å²) in [5.41, 5.74) is 1.68. The van der Waals surface area contributed by atoms with Crippen molar-refractivity contribution in [1.82, 2.24) is 10.2 Å². The van der Waals surface area contributed by atoms with Gasteiger partial charge in [-0.2, -0.15) is 0 Å². The van der Waals surface area contributed by atoms with E-state index in [9.17, 15) is 9.59 Å². The summed E-state index contributed by atoms with van der Waals surface area (Å²) in [5.74, 6) is 0.749. The molecule has 1 unspecified atom stereocenters. The molecule has 5 nitrogen and oxygen atoms in total. The van der Waals surface area contributed by atoms with Crippen molar-refractivity contribution in [3.63, 3.8) is 0 Å². The zero-order valence-electron chi connectivity index (χ0n) is 16.5. The molecule has 2 amide bonds.